The van der Waals surface area contributed by atoms with Gasteiger partial charge in [0.05, 0.1) is 5.52 Å². The predicted molar refractivity (Wildman–Crippen MR) is 81.6 cm³/mol. The summed E-state index contributed by atoms with van der Waals surface area (Å²) in [6.45, 7) is 1.99. The van der Waals surface area contributed by atoms with Crippen LogP contribution in [0.15, 0.2) is 48.7 Å². The van der Waals surface area contributed by atoms with Gasteiger partial charge in [-0.25, -0.2) is 4.39 Å². The van der Waals surface area contributed by atoms with Crippen molar-refractivity contribution in [2.24, 2.45) is 0 Å². The third-order valence-corrected chi connectivity index (χ3v) is 3.60. The number of pyridine rings is 1. The van der Waals surface area contributed by atoms with Gasteiger partial charge in [-0.05, 0) is 41.8 Å². The smallest absolute Gasteiger partial charge is 0.124 e. The summed E-state index contributed by atoms with van der Waals surface area (Å²) in [6, 6.07) is 12.3. The summed E-state index contributed by atoms with van der Waals surface area (Å²) in [7, 11) is 0. The van der Waals surface area contributed by atoms with Crippen LogP contribution in [0.2, 0.25) is 0 Å². The van der Waals surface area contributed by atoms with Gasteiger partial charge in [-0.2, -0.15) is 0 Å². The highest BCUT2D eigenvalue weighted by Gasteiger charge is 2.13. The van der Waals surface area contributed by atoms with Crippen molar-refractivity contribution < 1.29 is 9.18 Å². The van der Waals surface area contributed by atoms with E-state index < -0.39 is 0 Å². The van der Waals surface area contributed by atoms with Crippen LogP contribution < -0.4 is 0 Å². The van der Waals surface area contributed by atoms with Crippen molar-refractivity contribution in [1.82, 2.24) is 4.98 Å². The second kappa shape index (κ2) is 5.44. The number of hydrogen-bond donors (Lipinski definition) is 0. The molecule has 0 aliphatic rings. The van der Waals surface area contributed by atoms with E-state index in [4.69, 9.17) is 0 Å². The summed E-state index contributed by atoms with van der Waals surface area (Å²) in [6.07, 6.45) is 2.88. The van der Waals surface area contributed by atoms with Crippen LogP contribution in [-0.4, -0.2) is 11.3 Å². The molecule has 1 heterocycles. The molecule has 0 radical (unpaired) electrons. The number of aldehydes is 1. The van der Waals surface area contributed by atoms with E-state index in [1.165, 1.54) is 12.1 Å². The Morgan fingerprint density at radius 3 is 2.81 bits per heavy atom. The van der Waals surface area contributed by atoms with Crippen molar-refractivity contribution in [3.8, 4) is 11.1 Å². The molecule has 1 aromatic heterocycles. The van der Waals surface area contributed by atoms with Crippen LogP contribution in [0.25, 0.3) is 22.0 Å². The fourth-order valence-electron chi connectivity index (χ4n) is 2.70. The van der Waals surface area contributed by atoms with E-state index in [2.05, 4.69) is 4.98 Å². The molecule has 0 saturated heterocycles. The van der Waals surface area contributed by atoms with Crippen molar-refractivity contribution in [2.75, 3.05) is 0 Å². The Hall–Kier alpha value is -2.55. The maximum absolute atomic E-state index is 13.6. The number of fused-ring (bicyclic) bond motifs is 1. The summed E-state index contributed by atoms with van der Waals surface area (Å²) in [5, 5.41) is 1.02. The third kappa shape index (κ3) is 2.42. The molecule has 0 N–H and O–H groups in total. The summed E-state index contributed by atoms with van der Waals surface area (Å²) in [5.41, 5.74) is 4.33. The van der Waals surface area contributed by atoms with E-state index in [1.807, 2.05) is 31.2 Å². The van der Waals surface area contributed by atoms with Crippen molar-refractivity contribution in [1.29, 1.82) is 0 Å². The Morgan fingerprint density at radius 1 is 1.19 bits per heavy atom. The molecule has 0 bridgehead atoms. The van der Waals surface area contributed by atoms with Crippen LogP contribution in [0.5, 0.6) is 0 Å². The minimum absolute atomic E-state index is 0.291. The van der Waals surface area contributed by atoms with Crippen LogP contribution in [0.3, 0.4) is 0 Å². The molecular formula is C18H14FNO. The highest BCUT2D eigenvalue weighted by molar-refractivity contribution is 5.97. The first-order valence-corrected chi connectivity index (χ1v) is 6.77. The first-order chi connectivity index (χ1) is 10.2. The van der Waals surface area contributed by atoms with E-state index in [1.54, 1.807) is 12.3 Å². The van der Waals surface area contributed by atoms with Gasteiger partial charge in [0.25, 0.3) is 0 Å². The molecule has 0 aliphatic heterocycles. The lowest BCUT2D eigenvalue weighted by Gasteiger charge is -2.13. The van der Waals surface area contributed by atoms with E-state index in [9.17, 15) is 9.18 Å². The quantitative estimate of drug-likeness (QED) is 0.676. The molecule has 104 valence electrons. The number of halogens is 1. The molecule has 0 unspecified atom stereocenters. The maximum atomic E-state index is 13.6. The number of aryl methyl sites for hydroxylation is 1. The molecule has 21 heavy (non-hydrogen) atoms. The second-order valence-electron chi connectivity index (χ2n) is 5.01. The van der Waals surface area contributed by atoms with Crippen molar-refractivity contribution in [2.45, 2.75) is 13.3 Å². The van der Waals surface area contributed by atoms with Crippen LogP contribution in [-0.2, 0) is 11.2 Å². The maximum Gasteiger partial charge on any atom is 0.124 e. The van der Waals surface area contributed by atoms with E-state index in [0.29, 0.717) is 6.42 Å². The minimum atomic E-state index is -0.297. The van der Waals surface area contributed by atoms with Crippen molar-refractivity contribution in [3.63, 3.8) is 0 Å². The van der Waals surface area contributed by atoms with Crippen LogP contribution >= 0.6 is 0 Å². The monoisotopic (exact) mass is 279 g/mol. The number of carbonyl (C=O) groups is 1. The zero-order chi connectivity index (χ0) is 14.8. The topological polar surface area (TPSA) is 30.0 Å². The van der Waals surface area contributed by atoms with Gasteiger partial charge in [0.1, 0.15) is 12.1 Å². The Labute approximate surface area is 122 Å². The molecule has 3 heteroatoms. The van der Waals surface area contributed by atoms with Gasteiger partial charge in [0.2, 0.25) is 0 Å². The lowest BCUT2D eigenvalue weighted by atomic mass is 9.92. The van der Waals surface area contributed by atoms with Gasteiger partial charge >= 0.3 is 0 Å². The average molecular weight is 279 g/mol. The zero-order valence-electron chi connectivity index (χ0n) is 11.6. The lowest BCUT2D eigenvalue weighted by Crippen LogP contribution is -1.97. The number of rotatable bonds is 3. The molecule has 2 nitrogen and oxygen atoms in total. The Bertz CT molecular complexity index is 827. The summed E-state index contributed by atoms with van der Waals surface area (Å²) < 4.78 is 13.6. The summed E-state index contributed by atoms with van der Waals surface area (Å²) >= 11 is 0. The van der Waals surface area contributed by atoms with Crippen LogP contribution in [0.1, 0.15) is 11.1 Å². The fourth-order valence-corrected chi connectivity index (χ4v) is 2.70. The molecule has 3 aromatic rings. The van der Waals surface area contributed by atoms with Gasteiger partial charge in [0.15, 0.2) is 0 Å². The van der Waals surface area contributed by atoms with E-state index in [-0.39, 0.29) is 5.82 Å². The van der Waals surface area contributed by atoms with Crippen molar-refractivity contribution >= 4 is 17.2 Å². The largest absolute Gasteiger partial charge is 0.303 e. The average Bonchev–Trinajstić information content (AvgIpc) is 2.48. The molecular weight excluding hydrogens is 265 g/mol. The Balaban J connectivity index is 2.40. The number of aromatic nitrogens is 1. The van der Waals surface area contributed by atoms with Gasteiger partial charge in [0, 0.05) is 23.6 Å². The van der Waals surface area contributed by atoms with Crippen LogP contribution in [0.4, 0.5) is 4.39 Å². The first-order valence-electron chi connectivity index (χ1n) is 6.77. The number of nitrogens with zero attached hydrogens (tertiary/aromatic N) is 1. The van der Waals surface area contributed by atoms with Gasteiger partial charge in [-0.1, -0.05) is 24.3 Å². The van der Waals surface area contributed by atoms with Crippen molar-refractivity contribution in [3.05, 3.63) is 65.6 Å². The fraction of sp³-hybridized carbons (Fsp3) is 0.111. The first kappa shape index (κ1) is 13.4. The third-order valence-electron chi connectivity index (χ3n) is 3.60. The number of benzene rings is 2. The van der Waals surface area contributed by atoms with Gasteiger partial charge in [-0.15, -0.1) is 0 Å². The molecule has 3 rings (SSSR count). The standard InChI is InChI=1S/C18H14FNO/c1-12-10-14(7-9-21)17(13-4-2-5-15(19)11-13)18-16(12)6-3-8-20-18/h2-6,8-11H,7H2,1H3. The van der Waals surface area contributed by atoms with E-state index in [0.717, 1.165) is 39.4 Å². The molecule has 0 spiro atoms. The lowest BCUT2D eigenvalue weighted by molar-refractivity contribution is -0.107. The summed E-state index contributed by atoms with van der Waals surface area (Å²) in [4.78, 5) is 15.4. The predicted octanol–water partition coefficient (Wildman–Crippen LogP) is 4.09. The number of carbonyl (C=O) groups excluding carboxylic acids is 1. The zero-order valence-corrected chi connectivity index (χ0v) is 11.6. The van der Waals surface area contributed by atoms with Gasteiger partial charge < -0.3 is 4.79 Å². The SMILES string of the molecule is Cc1cc(CC=O)c(-c2cccc(F)c2)c2ncccc12. The molecule has 0 aliphatic carbocycles. The highest BCUT2D eigenvalue weighted by atomic mass is 19.1. The van der Waals surface area contributed by atoms with E-state index >= 15 is 0 Å². The molecule has 0 saturated carbocycles. The normalized spacial score (nSPS) is 10.8. The highest BCUT2D eigenvalue weighted by Crippen LogP contribution is 2.33. The molecule has 0 fully saturated rings. The number of hydrogen-bond acceptors (Lipinski definition) is 2. The summed E-state index contributed by atoms with van der Waals surface area (Å²) in [5.74, 6) is -0.297. The molecule has 0 amide bonds. The van der Waals surface area contributed by atoms with Gasteiger partial charge in [-0.3, -0.25) is 4.98 Å². The Morgan fingerprint density at radius 2 is 2.05 bits per heavy atom. The molecule has 2 aromatic carbocycles. The minimum Gasteiger partial charge on any atom is -0.303 e. The Kier molecular flexibility index (Phi) is 3.48. The van der Waals surface area contributed by atoms with Crippen LogP contribution in [0, 0.1) is 12.7 Å². The molecule has 0 atom stereocenters. The second-order valence-corrected chi connectivity index (χ2v) is 5.01.